The van der Waals surface area contributed by atoms with Crippen LogP contribution in [0.25, 0.3) is 10.9 Å². The second-order valence-corrected chi connectivity index (χ2v) is 9.95. The van der Waals surface area contributed by atoms with Gasteiger partial charge in [0, 0.05) is 31.5 Å². The van der Waals surface area contributed by atoms with Gasteiger partial charge in [-0.15, -0.1) is 0 Å². The minimum absolute atomic E-state index is 0.0701. The highest BCUT2D eigenvalue weighted by atomic mass is 19.4. The van der Waals surface area contributed by atoms with E-state index in [1.54, 1.807) is 49.9 Å². The first-order chi connectivity index (χ1) is 16.7. The van der Waals surface area contributed by atoms with Crippen LogP contribution in [0.1, 0.15) is 33.6 Å². The van der Waals surface area contributed by atoms with Gasteiger partial charge in [-0.3, -0.25) is 4.79 Å². The van der Waals surface area contributed by atoms with Gasteiger partial charge in [-0.05, 0) is 70.0 Å². The second kappa shape index (κ2) is 9.18. The van der Waals surface area contributed by atoms with Gasteiger partial charge in [-0.1, -0.05) is 0 Å². The number of ether oxygens (including phenoxy) is 1. The molecule has 11 heteroatoms. The van der Waals surface area contributed by atoms with Crippen LogP contribution in [0.4, 0.5) is 39.4 Å². The molecule has 0 atom stereocenters. The van der Waals surface area contributed by atoms with Crippen molar-refractivity contribution < 1.29 is 27.1 Å². The van der Waals surface area contributed by atoms with E-state index < -0.39 is 29.6 Å². The van der Waals surface area contributed by atoms with Gasteiger partial charge in [-0.25, -0.2) is 13.9 Å². The van der Waals surface area contributed by atoms with Crippen molar-refractivity contribution in [3.8, 4) is 0 Å². The average Bonchev–Trinajstić information content (AvgIpc) is 3.02. The summed E-state index contributed by atoms with van der Waals surface area (Å²) in [6.45, 7) is 5.41. The molecule has 0 saturated carbocycles. The number of aromatic nitrogens is 2. The molecular formula is C25H28F4N4O3. The minimum Gasteiger partial charge on any atom is -0.442 e. The maximum absolute atomic E-state index is 14.9. The van der Waals surface area contributed by atoms with Crippen LogP contribution >= 0.6 is 0 Å². The molecule has 2 aromatic carbocycles. The number of rotatable bonds is 3. The highest BCUT2D eigenvalue weighted by Crippen LogP contribution is 2.36. The molecule has 0 spiro atoms. The van der Waals surface area contributed by atoms with Crippen LogP contribution in [0.3, 0.4) is 0 Å². The number of halogens is 4. The fourth-order valence-corrected chi connectivity index (χ4v) is 4.37. The Labute approximate surface area is 205 Å². The highest BCUT2D eigenvalue weighted by molar-refractivity contribution is 5.90. The van der Waals surface area contributed by atoms with E-state index in [4.69, 9.17) is 4.74 Å². The van der Waals surface area contributed by atoms with Crippen LogP contribution in [0.5, 0.6) is 0 Å². The summed E-state index contributed by atoms with van der Waals surface area (Å²) in [5.74, 6) is -1.92. The fourth-order valence-electron chi connectivity index (χ4n) is 4.37. The molecule has 1 fully saturated rings. The number of fused-ring (bicyclic) bond motifs is 1. The maximum Gasteiger partial charge on any atom is 0.434 e. The number of hydrogen-bond acceptors (Lipinski definition) is 5. The zero-order valence-corrected chi connectivity index (χ0v) is 20.4. The number of benzene rings is 2. The highest BCUT2D eigenvalue weighted by Gasteiger charge is 2.41. The summed E-state index contributed by atoms with van der Waals surface area (Å²) < 4.78 is 61.4. The Hall–Kier alpha value is -3.50. The van der Waals surface area contributed by atoms with Crippen molar-refractivity contribution in [2.24, 2.45) is 13.0 Å². The van der Waals surface area contributed by atoms with Crippen molar-refractivity contribution in [1.82, 2.24) is 9.36 Å². The lowest BCUT2D eigenvalue weighted by molar-refractivity contribution is -0.179. The second-order valence-electron chi connectivity index (χ2n) is 9.95. The molecule has 36 heavy (non-hydrogen) atoms. The van der Waals surface area contributed by atoms with E-state index in [0.29, 0.717) is 22.3 Å². The van der Waals surface area contributed by atoms with E-state index in [2.05, 4.69) is 5.32 Å². The molecule has 0 bridgehead atoms. The number of nitrogens with zero attached hydrogens (tertiary/aromatic N) is 3. The first-order valence-corrected chi connectivity index (χ1v) is 11.6. The summed E-state index contributed by atoms with van der Waals surface area (Å²) in [7, 11) is 1.46. The molecule has 2 heterocycles. The molecule has 194 valence electrons. The lowest BCUT2D eigenvalue weighted by Crippen LogP contribution is -2.39. The standard InChI is InChI=1S/C25H28F4N4O3/c1-24(2,3)36-23(35)33-21-14-17(5-7-18(21)22(34)31(33)4)30-16-6-8-20(19(26)13-16)32-11-9-15(10-12-32)25(27,28)29/h5-8,13-15,30H,9-12H2,1-4H3. The van der Waals surface area contributed by atoms with Gasteiger partial charge >= 0.3 is 12.3 Å². The van der Waals surface area contributed by atoms with Gasteiger partial charge in [-0.2, -0.15) is 17.9 Å². The van der Waals surface area contributed by atoms with Gasteiger partial charge < -0.3 is 15.0 Å². The van der Waals surface area contributed by atoms with Crippen LogP contribution in [0.15, 0.2) is 41.2 Å². The number of carbonyl (C=O) groups excluding carboxylic acids is 1. The number of alkyl halides is 3. The Morgan fingerprint density at radius 1 is 1.03 bits per heavy atom. The third-order valence-electron chi connectivity index (χ3n) is 6.15. The SMILES string of the molecule is Cn1c(=O)c2ccc(Nc3ccc(N4CCC(C(F)(F)F)CC4)c(F)c3)cc2n1C(=O)OC(C)(C)C. The van der Waals surface area contributed by atoms with Crippen molar-refractivity contribution in [1.29, 1.82) is 0 Å². The normalized spacial score (nSPS) is 15.4. The zero-order chi connectivity index (χ0) is 26.4. The summed E-state index contributed by atoms with van der Waals surface area (Å²) in [6, 6.07) is 9.22. The largest absolute Gasteiger partial charge is 0.442 e. The predicted molar refractivity (Wildman–Crippen MR) is 129 cm³/mol. The Bertz CT molecular complexity index is 1350. The molecule has 1 aliphatic rings. The number of nitrogens with one attached hydrogen (secondary N) is 1. The minimum atomic E-state index is -4.23. The number of hydrogen-bond donors (Lipinski definition) is 1. The van der Waals surface area contributed by atoms with Gasteiger partial charge in [0.25, 0.3) is 5.56 Å². The van der Waals surface area contributed by atoms with Crippen LogP contribution in [0, 0.1) is 11.7 Å². The fraction of sp³-hybridized carbons (Fsp3) is 0.440. The summed E-state index contributed by atoms with van der Waals surface area (Å²) in [4.78, 5) is 26.9. The molecular weight excluding hydrogens is 480 g/mol. The smallest absolute Gasteiger partial charge is 0.434 e. The summed E-state index contributed by atoms with van der Waals surface area (Å²) in [5, 5.41) is 3.37. The van der Waals surface area contributed by atoms with Gasteiger partial charge in [0.2, 0.25) is 0 Å². The van der Waals surface area contributed by atoms with Crippen molar-refractivity contribution in [2.75, 3.05) is 23.3 Å². The van der Waals surface area contributed by atoms with Gasteiger partial charge in [0.15, 0.2) is 0 Å². The molecule has 1 aliphatic heterocycles. The molecule has 4 rings (SSSR count). The summed E-state index contributed by atoms with van der Waals surface area (Å²) >= 11 is 0. The van der Waals surface area contributed by atoms with E-state index in [-0.39, 0.29) is 37.2 Å². The lowest BCUT2D eigenvalue weighted by Gasteiger charge is -2.34. The number of anilines is 3. The summed E-state index contributed by atoms with van der Waals surface area (Å²) in [5.41, 5.74) is 0.351. The monoisotopic (exact) mass is 508 g/mol. The predicted octanol–water partition coefficient (Wildman–Crippen LogP) is 5.78. The van der Waals surface area contributed by atoms with E-state index in [1.165, 1.54) is 23.9 Å². The molecule has 7 nitrogen and oxygen atoms in total. The molecule has 0 amide bonds. The first-order valence-electron chi connectivity index (χ1n) is 11.6. The molecule has 3 aromatic rings. The number of piperidine rings is 1. The summed E-state index contributed by atoms with van der Waals surface area (Å²) in [6.07, 6.45) is -5.08. The van der Waals surface area contributed by atoms with Crippen LogP contribution in [0.2, 0.25) is 0 Å². The third-order valence-corrected chi connectivity index (χ3v) is 6.15. The Kier molecular flexibility index (Phi) is 6.52. The molecule has 0 aliphatic carbocycles. The van der Waals surface area contributed by atoms with Crippen molar-refractivity contribution in [3.05, 3.63) is 52.6 Å². The van der Waals surface area contributed by atoms with Crippen LogP contribution < -0.4 is 15.8 Å². The first kappa shape index (κ1) is 25.6. The zero-order valence-electron chi connectivity index (χ0n) is 20.4. The third kappa shape index (κ3) is 5.19. The lowest BCUT2D eigenvalue weighted by atomic mass is 9.96. The topological polar surface area (TPSA) is 68.5 Å². The quantitative estimate of drug-likeness (QED) is 0.454. The molecule has 1 N–H and O–H groups in total. The Morgan fingerprint density at radius 2 is 1.64 bits per heavy atom. The van der Waals surface area contributed by atoms with Gasteiger partial charge in [0.1, 0.15) is 11.4 Å². The van der Waals surface area contributed by atoms with Crippen molar-refractivity contribution >= 4 is 34.1 Å². The molecule has 0 radical (unpaired) electrons. The van der Waals surface area contributed by atoms with E-state index >= 15 is 0 Å². The van der Waals surface area contributed by atoms with E-state index in [0.717, 1.165) is 4.68 Å². The van der Waals surface area contributed by atoms with Crippen molar-refractivity contribution in [2.45, 2.75) is 45.4 Å². The maximum atomic E-state index is 14.9. The molecule has 1 saturated heterocycles. The molecule has 1 aromatic heterocycles. The van der Waals surface area contributed by atoms with Crippen LogP contribution in [-0.2, 0) is 11.8 Å². The molecule has 0 unspecified atom stereocenters. The van der Waals surface area contributed by atoms with Gasteiger partial charge in [0.05, 0.1) is 22.5 Å². The Morgan fingerprint density at radius 3 is 2.22 bits per heavy atom. The van der Waals surface area contributed by atoms with E-state index in [1.807, 2.05) is 0 Å². The van der Waals surface area contributed by atoms with Crippen LogP contribution in [-0.4, -0.2) is 40.3 Å². The Balaban J connectivity index is 1.56. The van der Waals surface area contributed by atoms with E-state index in [9.17, 15) is 27.2 Å². The number of carbonyl (C=O) groups is 1. The average molecular weight is 509 g/mol. The van der Waals surface area contributed by atoms with Crippen molar-refractivity contribution in [3.63, 3.8) is 0 Å².